The quantitative estimate of drug-likeness (QED) is 0.571. The highest BCUT2D eigenvalue weighted by Crippen LogP contribution is 2.33. The zero-order chi connectivity index (χ0) is 19.0. The molecule has 0 aliphatic carbocycles. The molecule has 136 valence electrons. The first-order chi connectivity index (χ1) is 12.9. The van der Waals surface area contributed by atoms with Gasteiger partial charge in [0.15, 0.2) is 0 Å². The van der Waals surface area contributed by atoms with Gasteiger partial charge in [-0.1, -0.05) is 0 Å². The van der Waals surface area contributed by atoms with Crippen LogP contribution < -0.4 is 5.32 Å². The number of nitrogens with one attached hydrogen (secondary N) is 1. The van der Waals surface area contributed by atoms with Crippen LogP contribution in [0.4, 0.5) is 18.9 Å². The van der Waals surface area contributed by atoms with Crippen molar-refractivity contribution in [2.45, 2.75) is 6.18 Å². The molecule has 10 heteroatoms. The first-order valence-corrected chi connectivity index (χ1v) is 8.50. The topological polar surface area (TPSA) is 72.7 Å². The van der Waals surface area contributed by atoms with Crippen molar-refractivity contribution in [3.8, 4) is 5.69 Å². The van der Waals surface area contributed by atoms with Gasteiger partial charge in [-0.3, -0.25) is 4.79 Å². The molecule has 1 N–H and O–H groups in total. The lowest BCUT2D eigenvalue weighted by molar-refractivity contribution is -0.137. The molecule has 0 radical (unpaired) electrons. The Kier molecular flexibility index (Phi) is 4.11. The van der Waals surface area contributed by atoms with Crippen molar-refractivity contribution in [3.05, 3.63) is 65.7 Å². The molecular weight excluding hydrogens is 379 g/mol. The van der Waals surface area contributed by atoms with Gasteiger partial charge < -0.3 is 5.32 Å². The predicted octanol–water partition coefficient (Wildman–Crippen LogP) is 4.15. The van der Waals surface area contributed by atoms with Gasteiger partial charge in [0.1, 0.15) is 12.7 Å². The molecule has 2 aromatic heterocycles. The Labute approximate surface area is 154 Å². The average molecular weight is 389 g/mol. The summed E-state index contributed by atoms with van der Waals surface area (Å²) in [7, 11) is 0. The molecule has 0 bridgehead atoms. The van der Waals surface area contributed by atoms with Gasteiger partial charge in [0, 0.05) is 5.56 Å². The van der Waals surface area contributed by atoms with Gasteiger partial charge in [0.2, 0.25) is 0 Å². The van der Waals surface area contributed by atoms with Gasteiger partial charge in [-0.05, 0) is 36.4 Å². The number of carbonyl (C=O) groups excluding carboxylic acids is 1. The van der Waals surface area contributed by atoms with E-state index in [1.165, 1.54) is 34.7 Å². The number of halogens is 3. The molecule has 0 spiro atoms. The molecule has 0 aliphatic heterocycles. The van der Waals surface area contributed by atoms with Crippen molar-refractivity contribution in [2.75, 3.05) is 5.32 Å². The normalized spacial score (nSPS) is 11.7. The second-order valence-corrected chi connectivity index (χ2v) is 6.45. The van der Waals surface area contributed by atoms with Gasteiger partial charge in [0.25, 0.3) is 5.91 Å². The number of alkyl halides is 3. The van der Waals surface area contributed by atoms with Crippen molar-refractivity contribution in [1.29, 1.82) is 0 Å². The van der Waals surface area contributed by atoms with Crippen molar-refractivity contribution in [2.24, 2.45) is 0 Å². The first-order valence-electron chi connectivity index (χ1n) is 7.63. The number of benzene rings is 2. The van der Waals surface area contributed by atoms with Crippen molar-refractivity contribution < 1.29 is 18.0 Å². The van der Waals surface area contributed by atoms with E-state index >= 15 is 0 Å². The Hall–Kier alpha value is -3.27. The third kappa shape index (κ3) is 3.38. The summed E-state index contributed by atoms with van der Waals surface area (Å²) in [4.78, 5) is 20.5. The van der Waals surface area contributed by atoms with Crippen LogP contribution in [-0.4, -0.2) is 25.7 Å². The second kappa shape index (κ2) is 6.47. The monoisotopic (exact) mass is 389 g/mol. The smallest absolute Gasteiger partial charge is 0.320 e. The third-order valence-electron chi connectivity index (χ3n) is 3.83. The number of aromatic nitrogens is 4. The lowest BCUT2D eigenvalue weighted by Crippen LogP contribution is -2.15. The zero-order valence-electron chi connectivity index (χ0n) is 13.4. The van der Waals surface area contributed by atoms with Crippen molar-refractivity contribution in [3.63, 3.8) is 0 Å². The highest BCUT2D eigenvalue weighted by atomic mass is 32.1. The van der Waals surface area contributed by atoms with E-state index in [0.717, 1.165) is 22.3 Å². The van der Waals surface area contributed by atoms with Crippen molar-refractivity contribution in [1.82, 2.24) is 19.7 Å². The van der Waals surface area contributed by atoms with Crippen LogP contribution in [0, 0.1) is 0 Å². The predicted molar refractivity (Wildman–Crippen MR) is 93.9 cm³/mol. The van der Waals surface area contributed by atoms with Gasteiger partial charge >= 0.3 is 6.18 Å². The molecule has 0 atom stereocenters. The van der Waals surface area contributed by atoms with E-state index in [4.69, 9.17) is 0 Å². The van der Waals surface area contributed by atoms with Crippen LogP contribution in [0.2, 0.25) is 0 Å². The van der Waals surface area contributed by atoms with Crippen molar-refractivity contribution >= 4 is 33.1 Å². The average Bonchev–Trinajstić information content (AvgIpc) is 3.32. The minimum Gasteiger partial charge on any atom is -0.320 e. The Morgan fingerprint density at radius 3 is 2.74 bits per heavy atom. The van der Waals surface area contributed by atoms with Crippen LogP contribution in [0.1, 0.15) is 15.9 Å². The third-order valence-corrected chi connectivity index (χ3v) is 4.62. The number of amides is 1. The van der Waals surface area contributed by atoms with Gasteiger partial charge in [0.05, 0.1) is 32.7 Å². The van der Waals surface area contributed by atoms with Gasteiger partial charge in [-0.15, -0.1) is 11.3 Å². The Balaban J connectivity index is 1.73. The summed E-state index contributed by atoms with van der Waals surface area (Å²) in [5.74, 6) is -0.536. The summed E-state index contributed by atoms with van der Waals surface area (Å²) in [5.41, 5.74) is 2.09. The minimum atomic E-state index is -4.54. The fourth-order valence-electron chi connectivity index (χ4n) is 2.54. The molecule has 1 amide bonds. The number of nitrogens with zero attached hydrogens (tertiary/aromatic N) is 4. The van der Waals surface area contributed by atoms with E-state index in [2.05, 4.69) is 20.4 Å². The lowest BCUT2D eigenvalue weighted by atomic mass is 10.1. The highest BCUT2D eigenvalue weighted by molar-refractivity contribution is 7.16. The number of thiazole rings is 1. The summed E-state index contributed by atoms with van der Waals surface area (Å²) in [6, 6.07) is 7.94. The van der Waals surface area contributed by atoms with Crippen LogP contribution >= 0.6 is 11.3 Å². The number of hydrogen-bond donors (Lipinski definition) is 1. The molecule has 4 aromatic rings. The van der Waals surface area contributed by atoms with E-state index in [1.54, 1.807) is 23.7 Å². The second-order valence-electron chi connectivity index (χ2n) is 5.56. The molecule has 2 aromatic carbocycles. The van der Waals surface area contributed by atoms with Crippen LogP contribution in [0.5, 0.6) is 0 Å². The molecule has 2 heterocycles. The van der Waals surface area contributed by atoms with Crippen LogP contribution in [0.3, 0.4) is 0 Å². The first kappa shape index (κ1) is 17.2. The zero-order valence-corrected chi connectivity index (χ0v) is 14.3. The summed E-state index contributed by atoms with van der Waals surface area (Å²) in [5, 5.41) is 6.46. The largest absolute Gasteiger partial charge is 0.416 e. The molecule has 0 unspecified atom stereocenters. The standard InChI is InChI=1S/C17H10F3N5OS/c18-17(19,20)11-2-4-14(25-8-21-7-23-25)13(6-11)24-16(26)10-1-3-12-15(5-10)27-9-22-12/h1-9H,(H,24,26). The lowest BCUT2D eigenvalue weighted by Gasteiger charge is -2.14. The number of anilines is 1. The molecule has 0 saturated carbocycles. The van der Waals surface area contributed by atoms with Gasteiger partial charge in [-0.2, -0.15) is 18.3 Å². The number of carbonyl (C=O) groups is 1. The van der Waals surface area contributed by atoms with E-state index < -0.39 is 17.6 Å². The van der Waals surface area contributed by atoms with E-state index in [0.29, 0.717) is 5.56 Å². The summed E-state index contributed by atoms with van der Waals surface area (Å²) in [6.07, 6.45) is -1.95. The Morgan fingerprint density at radius 2 is 2.00 bits per heavy atom. The molecule has 0 aliphatic rings. The maximum atomic E-state index is 13.1. The fraction of sp³-hybridized carbons (Fsp3) is 0.0588. The Morgan fingerprint density at radius 1 is 1.15 bits per heavy atom. The maximum Gasteiger partial charge on any atom is 0.416 e. The van der Waals surface area contributed by atoms with E-state index in [-0.39, 0.29) is 11.4 Å². The number of hydrogen-bond acceptors (Lipinski definition) is 5. The maximum absolute atomic E-state index is 13.1. The summed E-state index contributed by atoms with van der Waals surface area (Å²) < 4.78 is 41.4. The highest BCUT2D eigenvalue weighted by Gasteiger charge is 2.31. The Bertz CT molecular complexity index is 1120. The SMILES string of the molecule is O=C(Nc1cc(C(F)(F)F)ccc1-n1cncn1)c1ccc2ncsc2c1. The number of fused-ring (bicyclic) bond motifs is 1. The molecular formula is C17H10F3N5OS. The van der Waals surface area contributed by atoms with Gasteiger partial charge in [-0.25, -0.2) is 14.6 Å². The minimum absolute atomic E-state index is 0.0234. The molecule has 0 saturated heterocycles. The molecule has 6 nitrogen and oxygen atoms in total. The summed E-state index contributed by atoms with van der Waals surface area (Å²) in [6.45, 7) is 0. The van der Waals surface area contributed by atoms with Crippen LogP contribution in [0.25, 0.3) is 15.9 Å². The number of rotatable bonds is 3. The van der Waals surface area contributed by atoms with E-state index in [1.807, 2.05) is 0 Å². The molecule has 0 fully saturated rings. The van der Waals surface area contributed by atoms with Crippen LogP contribution in [-0.2, 0) is 6.18 Å². The van der Waals surface area contributed by atoms with E-state index in [9.17, 15) is 18.0 Å². The fourth-order valence-corrected chi connectivity index (χ4v) is 3.25. The molecule has 27 heavy (non-hydrogen) atoms. The summed E-state index contributed by atoms with van der Waals surface area (Å²) >= 11 is 1.37. The van der Waals surface area contributed by atoms with Crippen LogP contribution in [0.15, 0.2) is 54.6 Å². The molecule has 4 rings (SSSR count).